The van der Waals surface area contributed by atoms with Crippen molar-refractivity contribution in [3.8, 4) is 5.75 Å². The van der Waals surface area contributed by atoms with Crippen LogP contribution in [0.5, 0.6) is 5.75 Å². The Bertz CT molecular complexity index is 279. The van der Waals surface area contributed by atoms with Gasteiger partial charge in [-0.05, 0) is 30.7 Å². The van der Waals surface area contributed by atoms with Crippen LogP contribution >= 0.6 is 15.9 Å². The van der Waals surface area contributed by atoms with Crippen molar-refractivity contribution < 1.29 is 9.53 Å². The van der Waals surface area contributed by atoms with Gasteiger partial charge < -0.3 is 4.74 Å². The van der Waals surface area contributed by atoms with E-state index < -0.39 is 0 Å². The second kappa shape index (κ2) is 5.02. The number of carbonyl (C=O) groups excluding carboxylic acids is 1. The molecule has 0 N–H and O–H groups in total. The highest BCUT2D eigenvalue weighted by Gasteiger charge is 2.01. The van der Waals surface area contributed by atoms with Crippen molar-refractivity contribution in [1.29, 1.82) is 0 Å². The van der Waals surface area contributed by atoms with Crippen LogP contribution < -0.4 is 4.74 Å². The van der Waals surface area contributed by atoms with E-state index in [4.69, 9.17) is 4.74 Å². The van der Waals surface area contributed by atoms with E-state index in [0.29, 0.717) is 18.6 Å². The number of hydrogen-bond donors (Lipinski definition) is 0. The number of esters is 1. The third kappa shape index (κ3) is 3.59. The van der Waals surface area contributed by atoms with Gasteiger partial charge in [0, 0.05) is 10.9 Å². The van der Waals surface area contributed by atoms with E-state index in [0.717, 1.165) is 4.47 Å². The molecule has 0 spiro atoms. The van der Waals surface area contributed by atoms with Gasteiger partial charge in [0.1, 0.15) is 5.75 Å². The van der Waals surface area contributed by atoms with Gasteiger partial charge >= 0.3 is 5.97 Å². The van der Waals surface area contributed by atoms with Crippen LogP contribution in [0.1, 0.15) is 12.8 Å². The molecule has 0 aliphatic rings. The molecule has 0 amide bonds. The van der Waals surface area contributed by atoms with Gasteiger partial charge in [-0.2, -0.15) is 0 Å². The first-order valence-electron chi connectivity index (χ1n) is 3.98. The quantitative estimate of drug-likeness (QED) is 0.601. The van der Waals surface area contributed by atoms with Gasteiger partial charge in [0.25, 0.3) is 0 Å². The number of hydrogen-bond acceptors (Lipinski definition) is 2. The molecule has 0 aromatic heterocycles. The van der Waals surface area contributed by atoms with Crippen LogP contribution in [-0.2, 0) is 4.79 Å². The summed E-state index contributed by atoms with van der Waals surface area (Å²) in [6.45, 7) is 3.57. The maximum absolute atomic E-state index is 11.0. The van der Waals surface area contributed by atoms with Crippen molar-refractivity contribution in [2.45, 2.75) is 12.8 Å². The molecule has 1 aromatic carbocycles. The fraction of sp³-hybridized carbons (Fsp3) is 0.200. The third-order valence-electron chi connectivity index (χ3n) is 1.43. The predicted molar refractivity (Wildman–Crippen MR) is 54.4 cm³/mol. The molecule has 13 heavy (non-hydrogen) atoms. The maximum Gasteiger partial charge on any atom is 0.311 e. The summed E-state index contributed by atoms with van der Waals surface area (Å²) in [5.41, 5.74) is 0. The lowest BCUT2D eigenvalue weighted by molar-refractivity contribution is -0.134. The van der Waals surface area contributed by atoms with E-state index >= 15 is 0 Å². The van der Waals surface area contributed by atoms with Crippen LogP contribution in [0.2, 0.25) is 0 Å². The molecule has 0 aliphatic heterocycles. The minimum atomic E-state index is -0.239. The van der Waals surface area contributed by atoms with Gasteiger partial charge in [-0.15, -0.1) is 0 Å². The Kier molecular flexibility index (Phi) is 3.96. The highest BCUT2D eigenvalue weighted by Crippen LogP contribution is 2.16. The van der Waals surface area contributed by atoms with Gasteiger partial charge in [-0.3, -0.25) is 4.79 Å². The molecule has 0 heterocycles. The lowest BCUT2D eigenvalue weighted by Gasteiger charge is -2.02. The Balaban J connectivity index is 2.54. The van der Waals surface area contributed by atoms with E-state index in [1.807, 2.05) is 12.1 Å². The molecule has 0 aliphatic carbocycles. The molecular formula is C10H10BrO2. The van der Waals surface area contributed by atoms with Crippen LogP contribution in [0.15, 0.2) is 28.7 Å². The lowest BCUT2D eigenvalue weighted by Crippen LogP contribution is -2.06. The Morgan fingerprint density at radius 2 is 2.00 bits per heavy atom. The fourth-order valence-corrected chi connectivity index (χ4v) is 1.09. The Morgan fingerprint density at radius 1 is 1.38 bits per heavy atom. The van der Waals surface area contributed by atoms with Gasteiger partial charge in [0.2, 0.25) is 0 Å². The zero-order valence-electron chi connectivity index (χ0n) is 7.13. The van der Waals surface area contributed by atoms with Crippen LogP contribution in [0.3, 0.4) is 0 Å². The number of ether oxygens (including phenoxy) is 1. The number of carbonyl (C=O) groups is 1. The minimum Gasteiger partial charge on any atom is -0.427 e. The van der Waals surface area contributed by atoms with Gasteiger partial charge in [0.15, 0.2) is 0 Å². The molecule has 1 radical (unpaired) electrons. The van der Waals surface area contributed by atoms with Crippen LogP contribution in [0.25, 0.3) is 0 Å². The van der Waals surface area contributed by atoms with Gasteiger partial charge in [-0.1, -0.05) is 22.9 Å². The average Bonchev–Trinajstić information content (AvgIpc) is 2.09. The number of halogens is 1. The molecule has 69 valence electrons. The highest BCUT2D eigenvalue weighted by molar-refractivity contribution is 9.10. The summed E-state index contributed by atoms with van der Waals surface area (Å²) in [6.07, 6.45) is 0.922. The Hall–Kier alpha value is -0.830. The molecule has 1 aromatic rings. The maximum atomic E-state index is 11.0. The highest BCUT2D eigenvalue weighted by atomic mass is 79.9. The molecule has 0 fully saturated rings. The van der Waals surface area contributed by atoms with E-state index in [1.165, 1.54) is 0 Å². The summed E-state index contributed by atoms with van der Waals surface area (Å²) in [5, 5.41) is 0. The lowest BCUT2D eigenvalue weighted by atomic mass is 10.3. The van der Waals surface area contributed by atoms with Crippen LogP contribution in [-0.4, -0.2) is 5.97 Å². The van der Waals surface area contributed by atoms with E-state index in [-0.39, 0.29) is 5.97 Å². The molecule has 0 atom stereocenters. The van der Waals surface area contributed by atoms with Crippen molar-refractivity contribution in [3.05, 3.63) is 35.7 Å². The smallest absolute Gasteiger partial charge is 0.311 e. The predicted octanol–water partition coefficient (Wildman–Crippen LogP) is 2.97. The summed E-state index contributed by atoms with van der Waals surface area (Å²) in [7, 11) is 0. The van der Waals surface area contributed by atoms with Gasteiger partial charge in [-0.25, -0.2) is 0 Å². The van der Waals surface area contributed by atoms with Gasteiger partial charge in [0.05, 0.1) is 0 Å². The van der Waals surface area contributed by atoms with E-state index in [2.05, 4.69) is 22.9 Å². The largest absolute Gasteiger partial charge is 0.427 e. The molecule has 0 bridgehead atoms. The SMILES string of the molecule is [CH2]CCC(=O)Oc1ccc(Br)cc1. The Morgan fingerprint density at radius 3 is 2.54 bits per heavy atom. The van der Waals surface area contributed by atoms with Crippen molar-refractivity contribution in [1.82, 2.24) is 0 Å². The molecule has 0 unspecified atom stereocenters. The first-order chi connectivity index (χ1) is 6.22. The van der Waals surface area contributed by atoms with Crippen LogP contribution in [0.4, 0.5) is 0 Å². The average molecular weight is 242 g/mol. The van der Waals surface area contributed by atoms with E-state index in [1.54, 1.807) is 12.1 Å². The summed E-state index contributed by atoms with van der Waals surface area (Å²) in [6, 6.07) is 7.13. The van der Waals surface area contributed by atoms with Crippen molar-refractivity contribution >= 4 is 21.9 Å². The minimum absolute atomic E-state index is 0.239. The number of benzene rings is 1. The molecule has 2 nitrogen and oxygen atoms in total. The molecule has 3 heteroatoms. The van der Waals surface area contributed by atoms with Crippen molar-refractivity contribution in [2.24, 2.45) is 0 Å². The third-order valence-corrected chi connectivity index (χ3v) is 1.95. The first kappa shape index (κ1) is 10.3. The summed E-state index contributed by atoms with van der Waals surface area (Å²) < 4.78 is 5.97. The zero-order chi connectivity index (χ0) is 9.68. The second-order valence-electron chi connectivity index (χ2n) is 2.53. The summed E-state index contributed by atoms with van der Waals surface area (Å²) >= 11 is 3.29. The van der Waals surface area contributed by atoms with Crippen molar-refractivity contribution in [2.75, 3.05) is 0 Å². The summed E-state index contributed by atoms with van der Waals surface area (Å²) in [4.78, 5) is 11.0. The molecule has 0 saturated heterocycles. The zero-order valence-corrected chi connectivity index (χ0v) is 8.71. The first-order valence-corrected chi connectivity index (χ1v) is 4.77. The molecule has 1 rings (SSSR count). The normalized spacial score (nSPS) is 9.69. The van der Waals surface area contributed by atoms with E-state index in [9.17, 15) is 4.79 Å². The molecule has 0 saturated carbocycles. The second-order valence-corrected chi connectivity index (χ2v) is 3.45. The molecular weight excluding hydrogens is 232 g/mol. The number of rotatable bonds is 3. The van der Waals surface area contributed by atoms with Crippen LogP contribution in [0, 0.1) is 6.92 Å². The fourth-order valence-electron chi connectivity index (χ4n) is 0.829. The monoisotopic (exact) mass is 241 g/mol. The summed E-state index contributed by atoms with van der Waals surface area (Å²) in [5.74, 6) is 0.332. The standard InChI is InChI=1S/C10H10BrO2/c1-2-3-10(12)13-9-6-4-8(11)5-7-9/h4-7H,1-3H2. The van der Waals surface area contributed by atoms with Crippen molar-refractivity contribution in [3.63, 3.8) is 0 Å². The Labute approximate surface area is 86.0 Å². The topological polar surface area (TPSA) is 26.3 Å².